The Balaban J connectivity index is 1.97. The zero-order chi connectivity index (χ0) is 15.6. The molecule has 1 heterocycles. The topological polar surface area (TPSA) is 83.6 Å². The fraction of sp³-hybridized carbons (Fsp3) is 0.867. The van der Waals surface area contributed by atoms with Gasteiger partial charge in [0, 0.05) is 17.7 Å². The Morgan fingerprint density at radius 1 is 1.33 bits per heavy atom. The Kier molecular flexibility index (Phi) is 5.54. The predicted molar refractivity (Wildman–Crippen MR) is 83.9 cm³/mol. The van der Waals surface area contributed by atoms with Gasteiger partial charge in [0.1, 0.15) is 6.04 Å². The molecule has 3 N–H and O–H groups in total. The van der Waals surface area contributed by atoms with Gasteiger partial charge in [-0.05, 0) is 38.5 Å². The molecule has 5 nitrogen and oxygen atoms in total. The average molecular weight is 314 g/mol. The van der Waals surface area contributed by atoms with Gasteiger partial charge in [0.15, 0.2) is 0 Å². The van der Waals surface area contributed by atoms with E-state index in [1.54, 1.807) is 16.7 Å². The molecule has 4 unspecified atom stereocenters. The van der Waals surface area contributed by atoms with Crippen molar-refractivity contribution in [2.45, 2.75) is 63.4 Å². The third kappa shape index (κ3) is 4.13. The Labute approximate surface area is 130 Å². The molecule has 21 heavy (non-hydrogen) atoms. The Morgan fingerprint density at radius 3 is 2.52 bits per heavy atom. The van der Waals surface area contributed by atoms with Crippen molar-refractivity contribution in [1.82, 2.24) is 4.90 Å². The second-order valence-corrected chi connectivity index (χ2v) is 7.62. The third-order valence-electron chi connectivity index (χ3n) is 4.32. The molecule has 1 aliphatic carbocycles. The number of carboxylic acid groups (broad SMARTS) is 1. The van der Waals surface area contributed by atoms with Crippen molar-refractivity contribution < 1.29 is 14.7 Å². The van der Waals surface area contributed by atoms with Gasteiger partial charge < -0.3 is 15.7 Å². The van der Waals surface area contributed by atoms with E-state index in [4.69, 9.17) is 5.73 Å². The maximum absolute atomic E-state index is 12.7. The van der Waals surface area contributed by atoms with E-state index in [1.165, 1.54) is 0 Å². The van der Waals surface area contributed by atoms with E-state index in [2.05, 4.69) is 0 Å². The minimum Gasteiger partial charge on any atom is -0.480 e. The summed E-state index contributed by atoms with van der Waals surface area (Å²) in [5.41, 5.74) is 5.73. The number of nitrogens with zero attached hydrogens (tertiary/aromatic N) is 1. The summed E-state index contributed by atoms with van der Waals surface area (Å²) < 4.78 is 0. The summed E-state index contributed by atoms with van der Waals surface area (Å²) in [5, 5.41) is 9.44. The molecule has 1 aliphatic heterocycles. The number of aliphatic carboxylic acids is 1. The number of thioether (sulfide) groups is 1. The van der Waals surface area contributed by atoms with E-state index in [1.807, 2.05) is 13.8 Å². The van der Waals surface area contributed by atoms with E-state index < -0.39 is 12.0 Å². The summed E-state index contributed by atoms with van der Waals surface area (Å²) in [6.45, 7) is 3.88. The highest BCUT2D eigenvalue weighted by Crippen LogP contribution is 2.46. The van der Waals surface area contributed by atoms with Gasteiger partial charge in [0.2, 0.25) is 5.91 Å². The molecule has 1 saturated heterocycles. The fourth-order valence-electron chi connectivity index (χ4n) is 2.87. The number of carboxylic acids is 1. The van der Waals surface area contributed by atoms with Crippen LogP contribution in [0.4, 0.5) is 0 Å². The molecule has 0 aromatic rings. The molecular weight excluding hydrogens is 288 g/mol. The molecular formula is C15H26N2O3S. The molecule has 0 bridgehead atoms. The van der Waals surface area contributed by atoms with Crippen LogP contribution in [0.15, 0.2) is 0 Å². The molecule has 0 radical (unpaired) electrons. The molecule has 6 heteroatoms. The zero-order valence-electron chi connectivity index (χ0n) is 12.8. The number of nitrogens with two attached hydrogens (primary N) is 1. The minimum absolute atomic E-state index is 0.00831. The summed E-state index contributed by atoms with van der Waals surface area (Å²) in [4.78, 5) is 25.8. The van der Waals surface area contributed by atoms with Crippen molar-refractivity contribution in [3.05, 3.63) is 0 Å². The van der Waals surface area contributed by atoms with E-state index in [9.17, 15) is 14.7 Å². The first-order chi connectivity index (χ1) is 9.91. The SMILES string of the molecule is CC(N)CCCC(C)C(=O)N1C(C(=O)O)CSC1C1CC1. The van der Waals surface area contributed by atoms with Crippen LogP contribution in [-0.4, -0.2) is 45.1 Å². The molecule has 0 spiro atoms. The summed E-state index contributed by atoms with van der Waals surface area (Å²) in [5.74, 6) is 0.0373. The highest BCUT2D eigenvalue weighted by atomic mass is 32.2. The van der Waals surface area contributed by atoms with E-state index >= 15 is 0 Å². The van der Waals surface area contributed by atoms with Crippen LogP contribution in [-0.2, 0) is 9.59 Å². The highest BCUT2D eigenvalue weighted by molar-refractivity contribution is 8.00. The standard InChI is InChI=1S/C15H26N2O3S/c1-9(4-3-5-10(2)16)13(18)17-12(15(19)20)8-21-14(17)11-6-7-11/h9-12,14H,3-8,16H2,1-2H3,(H,19,20). The second-order valence-electron chi connectivity index (χ2n) is 6.47. The number of carbonyl (C=O) groups is 2. The molecule has 1 amide bonds. The van der Waals surface area contributed by atoms with Crippen molar-refractivity contribution in [1.29, 1.82) is 0 Å². The van der Waals surface area contributed by atoms with Crippen LogP contribution in [0.5, 0.6) is 0 Å². The lowest BCUT2D eigenvalue weighted by Gasteiger charge is -2.30. The van der Waals surface area contributed by atoms with Crippen molar-refractivity contribution in [2.24, 2.45) is 17.6 Å². The summed E-state index contributed by atoms with van der Waals surface area (Å²) >= 11 is 1.64. The average Bonchev–Trinajstić information content (AvgIpc) is 3.15. The third-order valence-corrected chi connectivity index (χ3v) is 5.78. The van der Waals surface area contributed by atoms with E-state index in [0.717, 1.165) is 32.1 Å². The quantitative estimate of drug-likeness (QED) is 0.750. The highest BCUT2D eigenvalue weighted by Gasteiger charge is 2.48. The molecule has 4 atom stereocenters. The van der Waals surface area contributed by atoms with Crippen LogP contribution in [0.3, 0.4) is 0 Å². The molecule has 0 aromatic carbocycles. The zero-order valence-corrected chi connectivity index (χ0v) is 13.6. The smallest absolute Gasteiger partial charge is 0.327 e. The van der Waals surface area contributed by atoms with Crippen LogP contribution >= 0.6 is 11.8 Å². The van der Waals surface area contributed by atoms with Gasteiger partial charge in [-0.1, -0.05) is 13.3 Å². The van der Waals surface area contributed by atoms with Gasteiger partial charge in [-0.3, -0.25) is 4.79 Å². The lowest BCUT2D eigenvalue weighted by Crippen LogP contribution is -2.48. The van der Waals surface area contributed by atoms with Gasteiger partial charge >= 0.3 is 5.97 Å². The van der Waals surface area contributed by atoms with Crippen LogP contribution in [0, 0.1) is 11.8 Å². The van der Waals surface area contributed by atoms with Crippen LogP contribution in [0.25, 0.3) is 0 Å². The van der Waals surface area contributed by atoms with Crippen LogP contribution < -0.4 is 5.73 Å². The van der Waals surface area contributed by atoms with Gasteiger partial charge in [-0.2, -0.15) is 0 Å². The van der Waals surface area contributed by atoms with Gasteiger partial charge in [-0.25, -0.2) is 4.79 Å². The van der Waals surface area contributed by atoms with Crippen molar-refractivity contribution >= 4 is 23.6 Å². The molecule has 120 valence electrons. The maximum atomic E-state index is 12.7. The van der Waals surface area contributed by atoms with E-state index in [0.29, 0.717) is 11.7 Å². The first-order valence-electron chi connectivity index (χ1n) is 7.84. The predicted octanol–water partition coefficient (Wildman–Crippen LogP) is 1.90. The lowest BCUT2D eigenvalue weighted by atomic mass is 10.00. The van der Waals surface area contributed by atoms with Gasteiger partial charge in [-0.15, -0.1) is 11.8 Å². The molecule has 2 aliphatic rings. The molecule has 0 aromatic heterocycles. The summed E-state index contributed by atoms with van der Waals surface area (Å²) in [6, 6.07) is -0.496. The molecule has 2 fully saturated rings. The first kappa shape index (κ1) is 16.6. The van der Waals surface area contributed by atoms with Crippen molar-refractivity contribution in [2.75, 3.05) is 5.75 Å². The van der Waals surface area contributed by atoms with Crippen LogP contribution in [0.2, 0.25) is 0 Å². The Bertz CT molecular complexity index is 398. The number of amides is 1. The second kappa shape index (κ2) is 7.01. The van der Waals surface area contributed by atoms with Crippen LogP contribution in [0.1, 0.15) is 46.0 Å². The number of hydrogen-bond donors (Lipinski definition) is 2. The van der Waals surface area contributed by atoms with Gasteiger partial charge in [0.05, 0.1) is 5.37 Å². The number of hydrogen-bond acceptors (Lipinski definition) is 4. The fourth-order valence-corrected chi connectivity index (χ4v) is 4.50. The first-order valence-corrected chi connectivity index (χ1v) is 8.88. The normalized spacial score (nSPS) is 28.4. The van der Waals surface area contributed by atoms with Crippen molar-refractivity contribution in [3.8, 4) is 0 Å². The largest absolute Gasteiger partial charge is 0.480 e. The van der Waals surface area contributed by atoms with Gasteiger partial charge in [0.25, 0.3) is 0 Å². The van der Waals surface area contributed by atoms with E-state index in [-0.39, 0.29) is 23.2 Å². The number of carbonyl (C=O) groups excluding carboxylic acids is 1. The summed E-state index contributed by atoms with van der Waals surface area (Å²) in [7, 11) is 0. The number of rotatable bonds is 7. The lowest BCUT2D eigenvalue weighted by molar-refractivity contribution is -0.151. The Hall–Kier alpha value is -0.750. The minimum atomic E-state index is -0.873. The summed E-state index contributed by atoms with van der Waals surface area (Å²) in [6.07, 6.45) is 4.84. The maximum Gasteiger partial charge on any atom is 0.327 e. The van der Waals surface area contributed by atoms with Crippen molar-refractivity contribution in [3.63, 3.8) is 0 Å². The monoisotopic (exact) mass is 314 g/mol. The molecule has 1 saturated carbocycles. The Morgan fingerprint density at radius 2 is 2.00 bits per heavy atom. The molecule has 2 rings (SSSR count).